The third-order valence-electron chi connectivity index (χ3n) is 3.49. The quantitative estimate of drug-likeness (QED) is 0.814. The molecular formula is C16H22BrN3. The predicted molar refractivity (Wildman–Crippen MR) is 87.6 cm³/mol. The van der Waals surface area contributed by atoms with Crippen LogP contribution in [0.4, 0.5) is 0 Å². The van der Waals surface area contributed by atoms with Crippen molar-refractivity contribution in [1.29, 1.82) is 0 Å². The molecule has 3 nitrogen and oxygen atoms in total. The van der Waals surface area contributed by atoms with Crippen LogP contribution in [0.3, 0.4) is 0 Å². The second-order valence-corrected chi connectivity index (χ2v) is 5.95. The largest absolute Gasteiger partial charge is 0.316 e. The average molecular weight is 336 g/mol. The summed E-state index contributed by atoms with van der Waals surface area (Å²) in [5, 5.41) is 8.13. The van der Waals surface area contributed by atoms with E-state index in [1.807, 2.05) is 16.8 Å². The number of benzene rings is 1. The van der Waals surface area contributed by atoms with Gasteiger partial charge in [-0.05, 0) is 69.6 Å². The lowest BCUT2D eigenvalue weighted by molar-refractivity contribution is 0.669. The highest BCUT2D eigenvalue weighted by atomic mass is 79.9. The van der Waals surface area contributed by atoms with Crippen LogP contribution in [0, 0.1) is 13.8 Å². The number of rotatable bonds is 6. The normalized spacial score (nSPS) is 11.0. The van der Waals surface area contributed by atoms with Gasteiger partial charge >= 0.3 is 0 Å². The Labute approximate surface area is 129 Å². The van der Waals surface area contributed by atoms with Gasteiger partial charge in [0.15, 0.2) is 0 Å². The van der Waals surface area contributed by atoms with Gasteiger partial charge in [0.1, 0.15) is 0 Å². The molecule has 108 valence electrons. The molecule has 1 aromatic heterocycles. The Balaban J connectivity index is 2.17. The fourth-order valence-corrected chi connectivity index (χ4v) is 2.65. The van der Waals surface area contributed by atoms with Crippen molar-refractivity contribution in [1.82, 2.24) is 15.1 Å². The van der Waals surface area contributed by atoms with E-state index >= 15 is 0 Å². The van der Waals surface area contributed by atoms with Crippen molar-refractivity contribution >= 4 is 15.9 Å². The Morgan fingerprint density at radius 3 is 2.50 bits per heavy atom. The molecule has 0 aliphatic heterocycles. The standard InChI is InChI=1S/C16H22BrN3/c1-4-10-18-11-9-16-12(2)19-20(13(16)3)15-7-5-14(17)6-8-15/h5-8,18H,4,9-11H2,1-3H3. The second-order valence-electron chi connectivity index (χ2n) is 5.04. The van der Waals surface area contributed by atoms with Crippen LogP contribution in [0.15, 0.2) is 28.7 Å². The Kier molecular flexibility index (Phi) is 5.38. The van der Waals surface area contributed by atoms with E-state index < -0.39 is 0 Å². The van der Waals surface area contributed by atoms with Gasteiger partial charge in [0.25, 0.3) is 0 Å². The van der Waals surface area contributed by atoms with Crippen LogP contribution in [0.2, 0.25) is 0 Å². The third-order valence-corrected chi connectivity index (χ3v) is 4.02. The van der Waals surface area contributed by atoms with Crippen LogP contribution in [0.1, 0.15) is 30.3 Å². The van der Waals surface area contributed by atoms with Crippen LogP contribution >= 0.6 is 15.9 Å². The maximum absolute atomic E-state index is 4.68. The van der Waals surface area contributed by atoms with Crippen molar-refractivity contribution in [2.45, 2.75) is 33.6 Å². The summed E-state index contributed by atoms with van der Waals surface area (Å²) in [7, 11) is 0. The van der Waals surface area contributed by atoms with E-state index in [0.29, 0.717) is 0 Å². The van der Waals surface area contributed by atoms with Crippen LogP contribution in [0.5, 0.6) is 0 Å². The van der Waals surface area contributed by atoms with E-state index in [4.69, 9.17) is 0 Å². The maximum atomic E-state index is 4.68. The molecule has 1 N–H and O–H groups in total. The Morgan fingerprint density at radius 1 is 1.15 bits per heavy atom. The van der Waals surface area contributed by atoms with Crippen LogP contribution in [0.25, 0.3) is 5.69 Å². The minimum Gasteiger partial charge on any atom is -0.316 e. The summed E-state index contributed by atoms with van der Waals surface area (Å²) >= 11 is 3.47. The van der Waals surface area contributed by atoms with Gasteiger partial charge in [0.05, 0.1) is 11.4 Å². The molecule has 20 heavy (non-hydrogen) atoms. The van der Waals surface area contributed by atoms with Gasteiger partial charge in [-0.1, -0.05) is 22.9 Å². The number of aryl methyl sites for hydroxylation is 1. The first kappa shape index (κ1) is 15.3. The summed E-state index contributed by atoms with van der Waals surface area (Å²) in [5.41, 5.74) is 4.84. The first-order valence-corrected chi connectivity index (χ1v) is 7.94. The zero-order valence-electron chi connectivity index (χ0n) is 12.4. The Bertz CT molecular complexity index is 558. The lowest BCUT2D eigenvalue weighted by Crippen LogP contribution is -2.18. The predicted octanol–water partition coefficient (Wildman–Crippen LogP) is 3.79. The van der Waals surface area contributed by atoms with Crippen molar-refractivity contribution in [2.75, 3.05) is 13.1 Å². The van der Waals surface area contributed by atoms with E-state index in [-0.39, 0.29) is 0 Å². The van der Waals surface area contributed by atoms with Crippen molar-refractivity contribution in [3.8, 4) is 5.69 Å². The SMILES string of the molecule is CCCNCCc1c(C)nn(-c2ccc(Br)cc2)c1C. The molecule has 2 aromatic rings. The summed E-state index contributed by atoms with van der Waals surface area (Å²) in [6.45, 7) is 8.53. The van der Waals surface area contributed by atoms with Gasteiger partial charge in [-0.3, -0.25) is 0 Å². The lowest BCUT2D eigenvalue weighted by Gasteiger charge is -2.06. The van der Waals surface area contributed by atoms with Gasteiger partial charge in [0.2, 0.25) is 0 Å². The van der Waals surface area contributed by atoms with Crippen molar-refractivity contribution < 1.29 is 0 Å². The number of nitrogens with one attached hydrogen (secondary N) is 1. The molecule has 0 aliphatic carbocycles. The van der Waals surface area contributed by atoms with Gasteiger partial charge in [-0.25, -0.2) is 4.68 Å². The molecule has 0 atom stereocenters. The van der Waals surface area contributed by atoms with Crippen LogP contribution in [-0.2, 0) is 6.42 Å². The minimum absolute atomic E-state index is 1.02. The monoisotopic (exact) mass is 335 g/mol. The lowest BCUT2D eigenvalue weighted by atomic mass is 10.1. The molecule has 0 saturated heterocycles. The summed E-state index contributed by atoms with van der Waals surface area (Å²) < 4.78 is 3.13. The molecule has 0 fully saturated rings. The molecule has 0 saturated carbocycles. The summed E-state index contributed by atoms with van der Waals surface area (Å²) in [6.07, 6.45) is 2.21. The highest BCUT2D eigenvalue weighted by Gasteiger charge is 2.12. The van der Waals surface area contributed by atoms with Gasteiger partial charge in [-0.15, -0.1) is 0 Å². The number of aromatic nitrogens is 2. The Morgan fingerprint density at radius 2 is 1.85 bits per heavy atom. The second kappa shape index (κ2) is 7.04. The number of nitrogens with zero attached hydrogens (tertiary/aromatic N) is 2. The fourth-order valence-electron chi connectivity index (χ4n) is 2.39. The van der Waals surface area contributed by atoms with Crippen molar-refractivity contribution in [3.63, 3.8) is 0 Å². The minimum atomic E-state index is 1.02. The average Bonchev–Trinajstić information content (AvgIpc) is 2.72. The highest BCUT2D eigenvalue weighted by molar-refractivity contribution is 9.10. The number of halogens is 1. The first-order valence-electron chi connectivity index (χ1n) is 7.15. The molecule has 2 rings (SSSR count). The molecule has 4 heteroatoms. The van der Waals surface area contributed by atoms with Gasteiger partial charge < -0.3 is 5.32 Å². The summed E-state index contributed by atoms with van der Waals surface area (Å²) in [5.74, 6) is 0. The smallest absolute Gasteiger partial charge is 0.0649 e. The Hall–Kier alpha value is -1.13. The van der Waals surface area contributed by atoms with Crippen LogP contribution < -0.4 is 5.32 Å². The summed E-state index contributed by atoms with van der Waals surface area (Å²) in [4.78, 5) is 0. The molecule has 1 heterocycles. The first-order chi connectivity index (χ1) is 9.63. The van der Waals surface area contributed by atoms with E-state index in [2.05, 4.69) is 59.2 Å². The zero-order valence-corrected chi connectivity index (χ0v) is 14.0. The highest BCUT2D eigenvalue weighted by Crippen LogP contribution is 2.20. The van der Waals surface area contributed by atoms with Crippen molar-refractivity contribution in [2.24, 2.45) is 0 Å². The van der Waals surface area contributed by atoms with Gasteiger partial charge in [0, 0.05) is 10.2 Å². The third kappa shape index (κ3) is 3.49. The molecular weight excluding hydrogens is 314 g/mol. The van der Waals surface area contributed by atoms with Crippen molar-refractivity contribution in [3.05, 3.63) is 45.7 Å². The molecule has 0 unspecified atom stereocenters. The van der Waals surface area contributed by atoms with E-state index in [1.54, 1.807) is 0 Å². The van der Waals surface area contributed by atoms with E-state index in [1.165, 1.54) is 17.7 Å². The van der Waals surface area contributed by atoms with E-state index in [0.717, 1.165) is 35.4 Å². The molecule has 0 bridgehead atoms. The zero-order chi connectivity index (χ0) is 14.5. The topological polar surface area (TPSA) is 29.9 Å². The van der Waals surface area contributed by atoms with Gasteiger partial charge in [-0.2, -0.15) is 5.10 Å². The number of hydrogen-bond acceptors (Lipinski definition) is 2. The summed E-state index contributed by atoms with van der Waals surface area (Å²) in [6, 6.07) is 8.27. The molecule has 1 aromatic carbocycles. The molecule has 0 radical (unpaired) electrons. The van der Waals surface area contributed by atoms with E-state index in [9.17, 15) is 0 Å². The molecule has 0 amide bonds. The number of hydrogen-bond donors (Lipinski definition) is 1. The molecule has 0 aliphatic rings. The fraction of sp³-hybridized carbons (Fsp3) is 0.438. The van der Waals surface area contributed by atoms with Crippen LogP contribution in [-0.4, -0.2) is 22.9 Å². The molecule has 0 spiro atoms. The maximum Gasteiger partial charge on any atom is 0.0649 e.